The molecule has 21 heavy (non-hydrogen) atoms. The van der Waals surface area contributed by atoms with Crippen molar-refractivity contribution in [3.05, 3.63) is 64.2 Å². The predicted molar refractivity (Wildman–Crippen MR) is 87.3 cm³/mol. The van der Waals surface area contributed by atoms with Gasteiger partial charge in [0.05, 0.1) is 10.6 Å². The van der Waals surface area contributed by atoms with Gasteiger partial charge in [-0.25, -0.2) is 0 Å². The molecule has 0 spiro atoms. The summed E-state index contributed by atoms with van der Waals surface area (Å²) in [6.07, 6.45) is 0. The number of nitro groups is 1. The van der Waals surface area contributed by atoms with Crippen molar-refractivity contribution >= 4 is 34.4 Å². The Kier molecular flexibility index (Phi) is 4.68. The molecule has 0 aliphatic heterocycles. The van der Waals surface area contributed by atoms with Crippen LogP contribution < -0.4 is 16.2 Å². The van der Waals surface area contributed by atoms with E-state index in [4.69, 9.17) is 12.2 Å². The van der Waals surface area contributed by atoms with E-state index < -0.39 is 4.92 Å². The first-order chi connectivity index (χ1) is 10.1. The number of anilines is 2. The Hall–Kier alpha value is -2.67. The van der Waals surface area contributed by atoms with Crippen molar-refractivity contribution < 1.29 is 4.92 Å². The fraction of sp³-hybridized carbons (Fsp3) is 0.0714. The van der Waals surface area contributed by atoms with Crippen LogP contribution in [0.15, 0.2) is 48.5 Å². The Bertz CT molecular complexity index is 658. The number of non-ortho nitro benzene ring substituents is 1. The molecule has 2 aromatic rings. The van der Waals surface area contributed by atoms with Crippen LogP contribution in [0.5, 0.6) is 0 Å². The topological polar surface area (TPSA) is 79.2 Å². The van der Waals surface area contributed by atoms with Crippen LogP contribution in [0.25, 0.3) is 0 Å². The van der Waals surface area contributed by atoms with Crippen molar-refractivity contribution in [2.45, 2.75) is 6.92 Å². The number of benzene rings is 2. The van der Waals surface area contributed by atoms with Crippen molar-refractivity contribution in [1.29, 1.82) is 0 Å². The first-order valence-electron chi connectivity index (χ1n) is 6.19. The number of para-hydroxylation sites is 1. The molecule has 0 atom stereocenters. The highest BCUT2D eigenvalue weighted by atomic mass is 32.1. The smallest absolute Gasteiger partial charge is 0.269 e. The normalized spacial score (nSPS) is 9.76. The fourth-order valence-corrected chi connectivity index (χ4v) is 1.82. The second-order valence-electron chi connectivity index (χ2n) is 4.32. The molecule has 2 rings (SSSR count). The number of hydrazine groups is 1. The molecule has 108 valence electrons. The van der Waals surface area contributed by atoms with Crippen LogP contribution >= 0.6 is 12.2 Å². The van der Waals surface area contributed by atoms with Gasteiger partial charge in [0, 0.05) is 17.8 Å². The summed E-state index contributed by atoms with van der Waals surface area (Å²) in [7, 11) is 0. The van der Waals surface area contributed by atoms with Crippen LogP contribution in [-0.2, 0) is 0 Å². The minimum absolute atomic E-state index is 0.0427. The van der Waals surface area contributed by atoms with E-state index in [9.17, 15) is 10.1 Å². The van der Waals surface area contributed by atoms with Crippen LogP contribution in [0.1, 0.15) is 5.56 Å². The van der Waals surface area contributed by atoms with E-state index in [2.05, 4.69) is 16.2 Å². The third-order valence-electron chi connectivity index (χ3n) is 2.79. The summed E-state index contributed by atoms with van der Waals surface area (Å²) in [6.45, 7) is 1.98. The van der Waals surface area contributed by atoms with Crippen molar-refractivity contribution in [3.63, 3.8) is 0 Å². The van der Waals surface area contributed by atoms with Crippen LogP contribution in [0, 0.1) is 17.0 Å². The lowest BCUT2D eigenvalue weighted by molar-refractivity contribution is -0.384. The Balaban J connectivity index is 1.89. The zero-order chi connectivity index (χ0) is 15.2. The molecule has 0 saturated carbocycles. The SMILES string of the molecule is Cc1ccccc1NC(=S)NNc1ccc([N+](=O)[O-])cc1. The minimum atomic E-state index is -0.443. The second kappa shape index (κ2) is 6.67. The van der Waals surface area contributed by atoms with Crippen LogP contribution in [0.3, 0.4) is 0 Å². The van der Waals surface area contributed by atoms with E-state index in [1.165, 1.54) is 12.1 Å². The molecule has 0 radical (unpaired) electrons. The molecule has 6 nitrogen and oxygen atoms in total. The quantitative estimate of drug-likeness (QED) is 0.457. The van der Waals surface area contributed by atoms with E-state index in [1.807, 2.05) is 31.2 Å². The number of thiocarbonyl (C=S) groups is 1. The second-order valence-corrected chi connectivity index (χ2v) is 4.73. The number of nitrogens with one attached hydrogen (secondary N) is 3. The number of rotatable bonds is 4. The summed E-state index contributed by atoms with van der Waals surface area (Å²) in [4.78, 5) is 10.1. The zero-order valence-corrected chi connectivity index (χ0v) is 12.1. The third-order valence-corrected chi connectivity index (χ3v) is 3.00. The van der Waals surface area contributed by atoms with Gasteiger partial charge in [0.2, 0.25) is 0 Å². The van der Waals surface area contributed by atoms with Gasteiger partial charge in [-0.1, -0.05) is 18.2 Å². The number of hydrogen-bond donors (Lipinski definition) is 3. The molecular formula is C14H14N4O2S. The molecule has 0 saturated heterocycles. The molecule has 0 aromatic heterocycles. The van der Waals surface area contributed by atoms with Gasteiger partial charge in [-0.05, 0) is 42.9 Å². The molecule has 0 unspecified atom stereocenters. The first-order valence-corrected chi connectivity index (χ1v) is 6.60. The van der Waals surface area contributed by atoms with Gasteiger partial charge < -0.3 is 5.32 Å². The van der Waals surface area contributed by atoms with E-state index in [0.29, 0.717) is 10.8 Å². The lowest BCUT2D eigenvalue weighted by Crippen LogP contribution is -2.33. The first kappa shape index (κ1) is 14.7. The van der Waals surface area contributed by atoms with E-state index in [1.54, 1.807) is 12.1 Å². The van der Waals surface area contributed by atoms with Crippen LogP contribution in [0.4, 0.5) is 17.1 Å². The Morgan fingerprint density at radius 2 is 1.81 bits per heavy atom. The van der Waals surface area contributed by atoms with Crippen LogP contribution in [0.2, 0.25) is 0 Å². The lowest BCUT2D eigenvalue weighted by atomic mass is 10.2. The largest absolute Gasteiger partial charge is 0.331 e. The predicted octanol–water partition coefficient (Wildman–Crippen LogP) is 3.22. The molecular weight excluding hydrogens is 288 g/mol. The molecule has 0 aliphatic rings. The van der Waals surface area contributed by atoms with Gasteiger partial charge in [0.1, 0.15) is 0 Å². The van der Waals surface area contributed by atoms with Crippen molar-refractivity contribution in [1.82, 2.24) is 5.43 Å². The lowest BCUT2D eigenvalue weighted by Gasteiger charge is -2.13. The summed E-state index contributed by atoms with van der Waals surface area (Å²) in [5, 5.41) is 14.0. The summed E-state index contributed by atoms with van der Waals surface area (Å²) in [5.74, 6) is 0. The standard InChI is InChI=1S/C14H14N4O2S/c1-10-4-2-3-5-13(10)15-14(21)17-16-11-6-8-12(9-7-11)18(19)20/h2-9,16H,1H3,(H2,15,17,21). The molecule has 0 amide bonds. The molecule has 0 fully saturated rings. The maximum absolute atomic E-state index is 10.6. The average Bonchev–Trinajstić information content (AvgIpc) is 2.48. The van der Waals surface area contributed by atoms with Crippen LogP contribution in [-0.4, -0.2) is 10.0 Å². The van der Waals surface area contributed by atoms with Gasteiger partial charge in [0.15, 0.2) is 5.11 Å². The van der Waals surface area contributed by atoms with Crippen molar-refractivity contribution in [3.8, 4) is 0 Å². The number of nitro benzene ring substituents is 1. The fourth-order valence-electron chi connectivity index (χ4n) is 1.66. The Labute approximate surface area is 127 Å². The summed E-state index contributed by atoms with van der Waals surface area (Å²) < 4.78 is 0. The maximum Gasteiger partial charge on any atom is 0.269 e. The van der Waals surface area contributed by atoms with E-state index >= 15 is 0 Å². The molecule has 7 heteroatoms. The van der Waals surface area contributed by atoms with Gasteiger partial charge in [-0.2, -0.15) is 0 Å². The van der Waals surface area contributed by atoms with Gasteiger partial charge in [0.25, 0.3) is 5.69 Å². The molecule has 2 aromatic carbocycles. The number of aryl methyl sites for hydroxylation is 1. The summed E-state index contributed by atoms with van der Waals surface area (Å²) in [5.41, 5.74) is 8.41. The number of hydrogen-bond acceptors (Lipinski definition) is 4. The summed E-state index contributed by atoms with van der Waals surface area (Å²) in [6, 6.07) is 13.8. The maximum atomic E-state index is 10.6. The third kappa shape index (κ3) is 4.15. The minimum Gasteiger partial charge on any atom is -0.331 e. The van der Waals surface area contributed by atoms with E-state index in [0.717, 1.165) is 11.3 Å². The zero-order valence-electron chi connectivity index (χ0n) is 11.3. The Morgan fingerprint density at radius 1 is 1.14 bits per heavy atom. The highest BCUT2D eigenvalue weighted by molar-refractivity contribution is 7.80. The monoisotopic (exact) mass is 302 g/mol. The van der Waals surface area contributed by atoms with Gasteiger partial charge in [-0.3, -0.25) is 21.0 Å². The van der Waals surface area contributed by atoms with Crippen molar-refractivity contribution in [2.75, 3.05) is 10.7 Å². The Morgan fingerprint density at radius 3 is 2.43 bits per heavy atom. The highest BCUT2D eigenvalue weighted by Gasteiger charge is 2.04. The highest BCUT2D eigenvalue weighted by Crippen LogP contribution is 2.15. The number of nitrogens with zero attached hydrogens (tertiary/aromatic N) is 1. The van der Waals surface area contributed by atoms with E-state index in [-0.39, 0.29) is 5.69 Å². The van der Waals surface area contributed by atoms with Gasteiger partial charge in [-0.15, -0.1) is 0 Å². The van der Waals surface area contributed by atoms with Crippen molar-refractivity contribution in [2.24, 2.45) is 0 Å². The molecule has 3 N–H and O–H groups in total. The molecule has 0 bridgehead atoms. The molecule has 0 heterocycles. The summed E-state index contributed by atoms with van der Waals surface area (Å²) >= 11 is 5.17. The molecule has 0 aliphatic carbocycles. The van der Waals surface area contributed by atoms with Gasteiger partial charge >= 0.3 is 0 Å². The average molecular weight is 302 g/mol.